The molecule has 0 saturated heterocycles. The van der Waals surface area contributed by atoms with Gasteiger partial charge in [0.15, 0.2) is 0 Å². The summed E-state index contributed by atoms with van der Waals surface area (Å²) in [6, 6.07) is 10.5. The maximum absolute atomic E-state index is 10.6. The molecule has 0 aliphatic rings. The molecule has 2 nitrogen and oxygen atoms in total. The van der Waals surface area contributed by atoms with E-state index in [1.807, 2.05) is 19.1 Å². The van der Waals surface area contributed by atoms with Gasteiger partial charge in [0, 0.05) is 0 Å². The summed E-state index contributed by atoms with van der Waals surface area (Å²) in [5, 5.41) is 2.32. The number of benzene rings is 2. The number of rotatable bonds is 5. The third-order valence-electron chi connectivity index (χ3n) is 5.26. The number of ether oxygens (including phenoxy) is 1. The zero-order chi connectivity index (χ0) is 20.6. The largest absolute Gasteiger partial charge is 0.460 e. The van der Waals surface area contributed by atoms with Crippen LogP contribution in [0.4, 0.5) is 0 Å². The highest BCUT2D eigenvalue weighted by Gasteiger charge is 2.13. The molecule has 0 radical (unpaired) electrons. The summed E-state index contributed by atoms with van der Waals surface area (Å²) in [6.07, 6.45) is 5.09. The minimum absolute atomic E-state index is 0.234. The van der Waals surface area contributed by atoms with Crippen molar-refractivity contribution in [1.82, 2.24) is 0 Å². The summed E-state index contributed by atoms with van der Waals surface area (Å²) >= 11 is 0. The Bertz CT molecular complexity index is 764. The van der Waals surface area contributed by atoms with Gasteiger partial charge < -0.3 is 4.74 Å². The zero-order valence-corrected chi connectivity index (χ0v) is 18.3. The lowest BCUT2D eigenvalue weighted by Gasteiger charge is -2.22. The van der Waals surface area contributed by atoms with Crippen LogP contribution in [0.5, 0.6) is 0 Å². The van der Waals surface area contributed by atoms with Crippen LogP contribution in [-0.2, 0) is 9.53 Å². The molecule has 1 atom stereocenters. The average Bonchev–Trinajstić information content (AvgIpc) is 2.59. The Labute approximate surface area is 165 Å². The fraction of sp³-hybridized carbons (Fsp3) is 0.480. The Morgan fingerprint density at radius 1 is 1.11 bits per heavy atom. The first kappa shape index (κ1) is 23.0. The standard InChI is InChI=1S/C18H20O2.C7H16/c1-4-5-7-15-11-18-16(10-13(15)2)8-6-9-17(18)14(3)20-12-19;1-6(2)7(3,4)5/h5-12,14H,4H2,1-3H3;6H,1-5H3/b7-5-;. The van der Waals surface area contributed by atoms with E-state index < -0.39 is 0 Å². The molecule has 2 aromatic carbocycles. The average molecular weight is 369 g/mol. The molecule has 0 aliphatic heterocycles. The Balaban J connectivity index is 0.000000445. The second-order valence-electron chi connectivity index (χ2n) is 8.48. The number of hydrogen-bond acceptors (Lipinski definition) is 2. The zero-order valence-electron chi connectivity index (χ0n) is 18.3. The minimum Gasteiger partial charge on any atom is -0.460 e. The summed E-state index contributed by atoms with van der Waals surface area (Å²) < 4.78 is 5.09. The summed E-state index contributed by atoms with van der Waals surface area (Å²) in [6.45, 7) is 17.9. The van der Waals surface area contributed by atoms with Gasteiger partial charge in [-0.15, -0.1) is 0 Å². The molecular formula is C25H36O2. The van der Waals surface area contributed by atoms with Crippen molar-refractivity contribution in [2.24, 2.45) is 11.3 Å². The van der Waals surface area contributed by atoms with E-state index in [2.05, 4.69) is 78.8 Å². The van der Waals surface area contributed by atoms with Crippen LogP contribution >= 0.6 is 0 Å². The van der Waals surface area contributed by atoms with Crippen molar-refractivity contribution in [3.05, 3.63) is 53.1 Å². The molecule has 0 aromatic heterocycles. The van der Waals surface area contributed by atoms with E-state index in [0.29, 0.717) is 11.9 Å². The number of hydrogen-bond donors (Lipinski definition) is 0. The van der Waals surface area contributed by atoms with Crippen LogP contribution in [-0.4, -0.2) is 6.47 Å². The third kappa shape index (κ3) is 6.86. The van der Waals surface area contributed by atoms with Crippen LogP contribution in [0.25, 0.3) is 16.8 Å². The highest BCUT2D eigenvalue weighted by Crippen LogP contribution is 2.29. The van der Waals surface area contributed by atoms with Gasteiger partial charge in [-0.05, 0) is 65.1 Å². The summed E-state index contributed by atoms with van der Waals surface area (Å²) in [7, 11) is 0. The SMILES string of the molecule is CC(C)C(C)(C)C.CC/C=C\c1cc2c(C(C)OC=O)cccc2cc1C. The highest BCUT2D eigenvalue weighted by atomic mass is 16.5. The van der Waals surface area contributed by atoms with E-state index in [1.54, 1.807) is 0 Å². The minimum atomic E-state index is -0.234. The van der Waals surface area contributed by atoms with Crippen LogP contribution in [0, 0.1) is 18.3 Å². The van der Waals surface area contributed by atoms with Crippen LogP contribution < -0.4 is 0 Å². The first-order valence-corrected chi connectivity index (χ1v) is 9.90. The van der Waals surface area contributed by atoms with E-state index >= 15 is 0 Å². The second kappa shape index (κ2) is 10.3. The molecule has 148 valence electrons. The normalized spacial score (nSPS) is 12.8. The number of carbonyl (C=O) groups excluding carboxylic acids is 1. The van der Waals surface area contributed by atoms with Crippen molar-refractivity contribution in [1.29, 1.82) is 0 Å². The third-order valence-corrected chi connectivity index (χ3v) is 5.26. The monoisotopic (exact) mass is 368 g/mol. The van der Waals surface area contributed by atoms with Gasteiger partial charge in [0.1, 0.15) is 6.10 Å². The van der Waals surface area contributed by atoms with Gasteiger partial charge in [-0.25, -0.2) is 0 Å². The maximum atomic E-state index is 10.6. The lowest BCUT2D eigenvalue weighted by atomic mass is 9.84. The van der Waals surface area contributed by atoms with Crippen LogP contribution in [0.15, 0.2) is 36.4 Å². The maximum Gasteiger partial charge on any atom is 0.293 e. The van der Waals surface area contributed by atoms with Crippen molar-refractivity contribution < 1.29 is 9.53 Å². The topological polar surface area (TPSA) is 26.3 Å². The van der Waals surface area contributed by atoms with Crippen molar-refractivity contribution in [2.45, 2.75) is 67.9 Å². The lowest BCUT2D eigenvalue weighted by Crippen LogP contribution is -2.12. The number of allylic oxidation sites excluding steroid dienone is 1. The quantitative estimate of drug-likeness (QED) is 0.511. The summed E-state index contributed by atoms with van der Waals surface area (Å²) in [5.74, 6) is 0.799. The molecule has 0 saturated carbocycles. The fourth-order valence-electron chi connectivity index (χ4n) is 2.42. The predicted molar refractivity (Wildman–Crippen MR) is 118 cm³/mol. The van der Waals surface area contributed by atoms with E-state index in [-0.39, 0.29) is 6.10 Å². The van der Waals surface area contributed by atoms with Gasteiger partial charge >= 0.3 is 0 Å². The van der Waals surface area contributed by atoms with Gasteiger partial charge in [-0.2, -0.15) is 0 Å². The van der Waals surface area contributed by atoms with Crippen molar-refractivity contribution >= 4 is 23.3 Å². The van der Waals surface area contributed by atoms with Crippen LogP contribution in [0.2, 0.25) is 0 Å². The molecule has 0 N–H and O–H groups in total. The second-order valence-corrected chi connectivity index (χ2v) is 8.48. The van der Waals surface area contributed by atoms with Crippen LogP contribution in [0.3, 0.4) is 0 Å². The highest BCUT2D eigenvalue weighted by molar-refractivity contribution is 5.89. The number of aryl methyl sites for hydroxylation is 1. The summed E-state index contributed by atoms with van der Waals surface area (Å²) in [5.41, 5.74) is 4.01. The van der Waals surface area contributed by atoms with E-state index in [0.717, 1.165) is 23.3 Å². The molecule has 0 spiro atoms. The van der Waals surface area contributed by atoms with Crippen LogP contribution in [0.1, 0.15) is 77.7 Å². The van der Waals surface area contributed by atoms with Crippen molar-refractivity contribution in [2.75, 3.05) is 0 Å². The molecule has 1 unspecified atom stereocenters. The number of fused-ring (bicyclic) bond motifs is 1. The number of carbonyl (C=O) groups is 1. The smallest absolute Gasteiger partial charge is 0.293 e. The molecule has 0 bridgehead atoms. The van der Waals surface area contributed by atoms with E-state index in [1.165, 1.54) is 16.5 Å². The molecule has 2 rings (SSSR count). The van der Waals surface area contributed by atoms with Gasteiger partial charge in [-0.3, -0.25) is 4.79 Å². The van der Waals surface area contributed by atoms with Gasteiger partial charge in [0.05, 0.1) is 0 Å². The molecule has 0 amide bonds. The Kier molecular flexibility index (Phi) is 8.75. The van der Waals surface area contributed by atoms with Gasteiger partial charge in [0.2, 0.25) is 0 Å². The lowest BCUT2D eigenvalue weighted by molar-refractivity contribution is -0.133. The van der Waals surface area contributed by atoms with Gasteiger partial charge in [-0.1, -0.05) is 78.0 Å². The van der Waals surface area contributed by atoms with Crippen molar-refractivity contribution in [3.8, 4) is 0 Å². The molecular weight excluding hydrogens is 332 g/mol. The first-order valence-electron chi connectivity index (χ1n) is 9.90. The van der Waals surface area contributed by atoms with E-state index in [9.17, 15) is 4.79 Å². The molecule has 0 fully saturated rings. The predicted octanol–water partition coefficient (Wildman–Crippen LogP) is 7.49. The first-order chi connectivity index (χ1) is 12.6. The molecule has 0 aliphatic carbocycles. The van der Waals surface area contributed by atoms with E-state index in [4.69, 9.17) is 4.74 Å². The molecule has 0 heterocycles. The molecule has 27 heavy (non-hydrogen) atoms. The fourth-order valence-corrected chi connectivity index (χ4v) is 2.42. The Morgan fingerprint density at radius 2 is 1.74 bits per heavy atom. The Hall–Kier alpha value is -2.09. The Morgan fingerprint density at radius 3 is 2.26 bits per heavy atom. The van der Waals surface area contributed by atoms with Gasteiger partial charge in [0.25, 0.3) is 6.47 Å². The van der Waals surface area contributed by atoms with Crippen molar-refractivity contribution in [3.63, 3.8) is 0 Å². The molecule has 2 heteroatoms. The molecule has 2 aromatic rings. The summed E-state index contributed by atoms with van der Waals surface area (Å²) in [4.78, 5) is 10.6.